The van der Waals surface area contributed by atoms with Crippen molar-refractivity contribution < 1.29 is 4.39 Å². The predicted molar refractivity (Wildman–Crippen MR) is 83.9 cm³/mol. The number of fused-ring (bicyclic) bond motifs is 1. The Morgan fingerprint density at radius 2 is 2.00 bits per heavy atom. The van der Waals surface area contributed by atoms with Gasteiger partial charge in [0.05, 0.1) is 0 Å². The van der Waals surface area contributed by atoms with E-state index in [9.17, 15) is 4.39 Å². The first-order valence-electron chi connectivity index (χ1n) is 6.63. The molecule has 3 aromatic rings. The average molecular weight is 349 g/mol. The molecule has 0 saturated carbocycles. The van der Waals surface area contributed by atoms with E-state index in [-0.39, 0.29) is 11.9 Å². The maximum atomic E-state index is 12.9. The molecule has 2 aromatic heterocycles. The van der Waals surface area contributed by atoms with Gasteiger partial charge in [0.1, 0.15) is 5.82 Å². The lowest BCUT2D eigenvalue weighted by Crippen LogP contribution is -2.19. The Labute approximate surface area is 130 Å². The van der Waals surface area contributed by atoms with Gasteiger partial charge in [-0.05, 0) is 59.1 Å². The summed E-state index contributed by atoms with van der Waals surface area (Å²) in [6.07, 6.45) is 2.64. The zero-order chi connectivity index (χ0) is 14.8. The SMILES string of the molecule is CC(Cc1ccc(F)cc1)Nc1nc2ccc(Br)cn2n1. The van der Waals surface area contributed by atoms with Crippen molar-refractivity contribution in [2.24, 2.45) is 0 Å². The van der Waals surface area contributed by atoms with Crippen LogP contribution in [0.3, 0.4) is 0 Å². The molecule has 108 valence electrons. The van der Waals surface area contributed by atoms with Crippen LogP contribution in [-0.4, -0.2) is 20.6 Å². The van der Waals surface area contributed by atoms with Crippen molar-refractivity contribution in [1.29, 1.82) is 0 Å². The minimum Gasteiger partial charge on any atom is -0.350 e. The van der Waals surface area contributed by atoms with Gasteiger partial charge in [0.15, 0.2) is 5.65 Å². The molecule has 1 unspecified atom stereocenters. The zero-order valence-electron chi connectivity index (χ0n) is 11.4. The number of aromatic nitrogens is 3. The van der Waals surface area contributed by atoms with Crippen molar-refractivity contribution in [3.05, 3.63) is 58.4 Å². The van der Waals surface area contributed by atoms with Crippen molar-refractivity contribution in [2.75, 3.05) is 5.32 Å². The molecule has 4 nitrogen and oxygen atoms in total. The van der Waals surface area contributed by atoms with Crippen molar-refractivity contribution in [3.8, 4) is 0 Å². The first-order chi connectivity index (χ1) is 10.1. The molecule has 2 heterocycles. The van der Waals surface area contributed by atoms with Gasteiger partial charge < -0.3 is 5.32 Å². The lowest BCUT2D eigenvalue weighted by atomic mass is 10.1. The predicted octanol–water partition coefficient (Wildman–Crippen LogP) is 3.67. The average Bonchev–Trinajstić information content (AvgIpc) is 2.82. The van der Waals surface area contributed by atoms with E-state index in [1.54, 1.807) is 16.6 Å². The molecule has 6 heteroatoms. The summed E-state index contributed by atoms with van der Waals surface area (Å²) in [6, 6.07) is 10.5. The highest BCUT2D eigenvalue weighted by molar-refractivity contribution is 9.10. The van der Waals surface area contributed by atoms with Crippen LogP contribution >= 0.6 is 15.9 Å². The normalized spacial score (nSPS) is 12.5. The molecule has 0 aliphatic carbocycles. The molecule has 0 bridgehead atoms. The summed E-state index contributed by atoms with van der Waals surface area (Å²) in [4.78, 5) is 4.41. The standard InChI is InChI=1S/C15H14BrFN4/c1-10(8-11-2-5-13(17)6-3-11)18-15-19-14-7-4-12(16)9-21(14)20-15/h2-7,9-10H,8H2,1H3,(H,18,20). The molecule has 1 aromatic carbocycles. The van der Waals surface area contributed by atoms with Gasteiger partial charge in [-0.3, -0.25) is 0 Å². The Hall–Kier alpha value is -1.95. The summed E-state index contributed by atoms with van der Waals surface area (Å²) in [5.74, 6) is 0.370. The Morgan fingerprint density at radius 1 is 1.24 bits per heavy atom. The highest BCUT2D eigenvalue weighted by Gasteiger charge is 2.08. The third-order valence-electron chi connectivity index (χ3n) is 3.13. The number of nitrogens with zero attached hydrogens (tertiary/aromatic N) is 3. The summed E-state index contributed by atoms with van der Waals surface area (Å²) in [6.45, 7) is 2.05. The van der Waals surface area contributed by atoms with Crippen LogP contribution < -0.4 is 5.32 Å². The van der Waals surface area contributed by atoms with Crippen LogP contribution in [0.4, 0.5) is 10.3 Å². The molecule has 1 atom stereocenters. The minimum absolute atomic E-state index is 0.149. The number of pyridine rings is 1. The Morgan fingerprint density at radius 3 is 2.76 bits per heavy atom. The molecule has 0 saturated heterocycles. The van der Waals surface area contributed by atoms with Crippen molar-refractivity contribution in [2.45, 2.75) is 19.4 Å². The molecule has 0 fully saturated rings. The number of hydrogen-bond donors (Lipinski definition) is 1. The van der Waals surface area contributed by atoms with Crippen LogP contribution in [0.15, 0.2) is 47.1 Å². The largest absolute Gasteiger partial charge is 0.350 e. The lowest BCUT2D eigenvalue weighted by Gasteiger charge is -2.12. The van der Waals surface area contributed by atoms with Crippen LogP contribution in [0, 0.1) is 5.82 Å². The van der Waals surface area contributed by atoms with E-state index in [1.165, 1.54) is 12.1 Å². The summed E-state index contributed by atoms with van der Waals surface area (Å²) in [5.41, 5.74) is 1.86. The Kier molecular flexibility index (Phi) is 3.88. The number of nitrogens with one attached hydrogen (secondary N) is 1. The molecule has 0 spiro atoms. The second-order valence-electron chi connectivity index (χ2n) is 4.96. The van der Waals surface area contributed by atoms with Gasteiger partial charge in [-0.15, -0.1) is 5.10 Å². The van der Waals surface area contributed by atoms with Gasteiger partial charge in [-0.1, -0.05) is 12.1 Å². The monoisotopic (exact) mass is 348 g/mol. The van der Waals surface area contributed by atoms with E-state index in [0.29, 0.717) is 5.95 Å². The lowest BCUT2D eigenvalue weighted by molar-refractivity contribution is 0.626. The highest BCUT2D eigenvalue weighted by atomic mass is 79.9. The van der Waals surface area contributed by atoms with Gasteiger partial charge in [-0.2, -0.15) is 4.98 Å². The number of anilines is 1. The molecule has 0 aliphatic heterocycles. The molecular weight excluding hydrogens is 335 g/mol. The Bertz CT molecular complexity index is 754. The molecule has 1 N–H and O–H groups in total. The van der Waals surface area contributed by atoms with Crippen LogP contribution in [0.5, 0.6) is 0 Å². The minimum atomic E-state index is -0.216. The Balaban J connectivity index is 1.70. The van der Waals surface area contributed by atoms with E-state index < -0.39 is 0 Å². The summed E-state index contributed by atoms with van der Waals surface area (Å²) in [5, 5.41) is 7.64. The van der Waals surface area contributed by atoms with Gasteiger partial charge >= 0.3 is 0 Å². The van der Waals surface area contributed by atoms with Gasteiger partial charge in [0.2, 0.25) is 5.95 Å². The first kappa shape index (κ1) is 14.0. The smallest absolute Gasteiger partial charge is 0.243 e. The fourth-order valence-corrected chi connectivity index (χ4v) is 2.49. The van der Waals surface area contributed by atoms with Crippen LogP contribution in [-0.2, 0) is 6.42 Å². The quantitative estimate of drug-likeness (QED) is 0.782. The van der Waals surface area contributed by atoms with Crippen molar-refractivity contribution >= 4 is 27.5 Å². The molecule has 0 amide bonds. The maximum absolute atomic E-state index is 12.9. The summed E-state index contributed by atoms with van der Waals surface area (Å²) < 4.78 is 15.5. The summed E-state index contributed by atoms with van der Waals surface area (Å²) in [7, 11) is 0. The first-order valence-corrected chi connectivity index (χ1v) is 7.42. The number of benzene rings is 1. The highest BCUT2D eigenvalue weighted by Crippen LogP contribution is 2.13. The topological polar surface area (TPSA) is 42.2 Å². The summed E-state index contributed by atoms with van der Waals surface area (Å²) >= 11 is 3.40. The van der Waals surface area contributed by atoms with Crippen LogP contribution in [0.1, 0.15) is 12.5 Å². The van der Waals surface area contributed by atoms with Gasteiger partial charge in [-0.25, -0.2) is 8.91 Å². The van der Waals surface area contributed by atoms with Gasteiger partial charge in [0, 0.05) is 16.7 Å². The zero-order valence-corrected chi connectivity index (χ0v) is 13.0. The van der Waals surface area contributed by atoms with Crippen molar-refractivity contribution in [1.82, 2.24) is 14.6 Å². The fraction of sp³-hybridized carbons (Fsp3) is 0.200. The van der Waals surface area contributed by atoms with Crippen LogP contribution in [0.2, 0.25) is 0 Å². The maximum Gasteiger partial charge on any atom is 0.243 e. The fourth-order valence-electron chi connectivity index (χ4n) is 2.16. The molecule has 21 heavy (non-hydrogen) atoms. The van der Waals surface area contributed by atoms with E-state index in [2.05, 4.69) is 31.3 Å². The second kappa shape index (κ2) is 5.81. The van der Waals surface area contributed by atoms with E-state index >= 15 is 0 Å². The molecule has 0 aliphatic rings. The third kappa shape index (κ3) is 3.39. The van der Waals surface area contributed by atoms with Crippen molar-refractivity contribution in [3.63, 3.8) is 0 Å². The molecule has 3 rings (SSSR count). The number of hydrogen-bond acceptors (Lipinski definition) is 3. The number of rotatable bonds is 4. The van der Waals surface area contributed by atoms with Crippen LogP contribution in [0.25, 0.3) is 5.65 Å². The molecular formula is C15H14BrFN4. The van der Waals surface area contributed by atoms with Gasteiger partial charge in [0.25, 0.3) is 0 Å². The molecule has 0 radical (unpaired) electrons. The second-order valence-corrected chi connectivity index (χ2v) is 5.88. The third-order valence-corrected chi connectivity index (χ3v) is 3.59. The van der Waals surface area contributed by atoms with E-state index in [1.807, 2.05) is 25.3 Å². The number of halogens is 2. The van der Waals surface area contributed by atoms with E-state index in [0.717, 1.165) is 22.1 Å². The van der Waals surface area contributed by atoms with E-state index in [4.69, 9.17) is 0 Å².